The Bertz CT molecular complexity index is 38.0. The van der Waals surface area contributed by atoms with Crippen LogP contribution in [-0.4, -0.2) is 0 Å². The predicted octanol–water partition coefficient (Wildman–Crippen LogP) is 3.78. The number of hydrogen-bond acceptors (Lipinski definition) is 0. The van der Waals surface area contributed by atoms with Crippen LogP contribution >= 0.6 is 0 Å². The van der Waals surface area contributed by atoms with Crippen molar-refractivity contribution >= 4 is 0 Å². The van der Waals surface area contributed by atoms with Crippen molar-refractivity contribution in [3.8, 4) is 0 Å². The summed E-state index contributed by atoms with van der Waals surface area (Å²) in [6.45, 7) is 8.54. The quantitative estimate of drug-likeness (QED) is 0.496. The molecule has 0 heteroatoms. The Morgan fingerprint density at radius 1 is 0.778 bits per heavy atom. The van der Waals surface area contributed by atoms with Crippen LogP contribution < -0.4 is 0 Å². The highest BCUT2D eigenvalue weighted by atomic mass is 13.7. The van der Waals surface area contributed by atoms with Gasteiger partial charge in [0.05, 0.1) is 0 Å². The average Bonchev–Trinajstić information content (AvgIpc) is 1.86. The summed E-state index contributed by atoms with van der Waals surface area (Å²) in [7, 11) is 0. The Labute approximate surface area is 60.0 Å². The molecule has 0 N–H and O–H groups in total. The lowest BCUT2D eigenvalue weighted by Crippen LogP contribution is -1.51. The molecular weight excluding hydrogens is 108 g/mol. The first-order valence-corrected chi connectivity index (χ1v) is 3.98. The Kier molecular flexibility index (Phi) is 20.0. The molecule has 9 heavy (non-hydrogen) atoms. The van der Waals surface area contributed by atoms with Crippen LogP contribution in [0.1, 0.15) is 47.0 Å². The van der Waals surface area contributed by atoms with E-state index in [9.17, 15) is 0 Å². The van der Waals surface area contributed by atoms with Gasteiger partial charge in [0.15, 0.2) is 0 Å². The van der Waals surface area contributed by atoms with E-state index in [4.69, 9.17) is 0 Å². The van der Waals surface area contributed by atoms with Crippen LogP contribution in [0.15, 0.2) is 12.2 Å². The van der Waals surface area contributed by atoms with Crippen molar-refractivity contribution in [2.75, 3.05) is 0 Å². The Morgan fingerprint density at radius 3 is 1.11 bits per heavy atom. The van der Waals surface area contributed by atoms with Gasteiger partial charge in [-0.25, -0.2) is 0 Å². The largest absolute Gasteiger partial charge is 0.0888 e. The minimum atomic E-state index is 1.17. The van der Waals surface area contributed by atoms with Gasteiger partial charge < -0.3 is 0 Å². The number of allylic oxidation sites excluding steroid dienone is 2. The monoisotopic (exact) mass is 128 g/mol. The molecule has 0 aromatic heterocycles. The van der Waals surface area contributed by atoms with Crippen LogP contribution in [-0.2, 0) is 0 Å². The molecule has 0 saturated carbocycles. The van der Waals surface area contributed by atoms with Gasteiger partial charge in [0.25, 0.3) is 0 Å². The van der Waals surface area contributed by atoms with Crippen LogP contribution in [0.3, 0.4) is 0 Å². The summed E-state index contributed by atoms with van der Waals surface area (Å²) in [6, 6.07) is 0. The Morgan fingerprint density at radius 2 is 1.00 bits per heavy atom. The van der Waals surface area contributed by atoms with Crippen LogP contribution in [0.25, 0.3) is 0 Å². The van der Waals surface area contributed by atoms with Crippen LogP contribution in [0, 0.1) is 0 Å². The highest BCUT2D eigenvalue weighted by molar-refractivity contribution is 4.77. The third-order valence-corrected chi connectivity index (χ3v) is 0.638. The fourth-order valence-electron chi connectivity index (χ4n) is 0.333. The molecule has 0 rings (SSSR count). The van der Waals surface area contributed by atoms with Gasteiger partial charge in [0, 0.05) is 0 Å². The molecule has 0 unspecified atom stereocenters. The second kappa shape index (κ2) is 15.6. The van der Waals surface area contributed by atoms with Crippen molar-refractivity contribution in [3.63, 3.8) is 0 Å². The number of rotatable bonds is 2. The molecule has 56 valence electrons. The van der Waals surface area contributed by atoms with E-state index >= 15 is 0 Å². The zero-order valence-corrected chi connectivity index (χ0v) is 7.28. The summed E-state index contributed by atoms with van der Waals surface area (Å²) < 4.78 is 0. The van der Waals surface area contributed by atoms with Gasteiger partial charge in [-0.15, -0.1) is 0 Å². The molecule has 0 aromatic carbocycles. The minimum Gasteiger partial charge on any atom is -0.0888 e. The van der Waals surface area contributed by atoms with E-state index in [1.165, 1.54) is 19.3 Å². The predicted molar refractivity (Wildman–Crippen MR) is 45.7 cm³/mol. The molecule has 0 spiro atoms. The molecular formula is C9H20. The summed E-state index contributed by atoms with van der Waals surface area (Å²) in [5, 5.41) is 0. The maximum Gasteiger partial charge on any atom is -0.0379 e. The molecule has 0 atom stereocenters. The van der Waals surface area contributed by atoms with Crippen molar-refractivity contribution < 1.29 is 0 Å². The van der Waals surface area contributed by atoms with Gasteiger partial charge in [0.1, 0.15) is 0 Å². The summed E-state index contributed by atoms with van der Waals surface area (Å²) >= 11 is 0. The van der Waals surface area contributed by atoms with Crippen molar-refractivity contribution in [1.82, 2.24) is 0 Å². The van der Waals surface area contributed by atoms with Gasteiger partial charge >= 0.3 is 0 Å². The molecule has 0 radical (unpaired) electrons. The lowest BCUT2D eigenvalue weighted by atomic mass is 10.4. The molecule has 0 amide bonds. The maximum atomic E-state index is 2.18. The van der Waals surface area contributed by atoms with Gasteiger partial charge in [0.2, 0.25) is 0 Å². The second-order valence-corrected chi connectivity index (χ2v) is 2.00. The molecule has 0 aliphatic carbocycles. The van der Waals surface area contributed by atoms with Crippen LogP contribution in [0.5, 0.6) is 0 Å². The molecule has 0 fully saturated rings. The van der Waals surface area contributed by atoms with Crippen molar-refractivity contribution in [1.29, 1.82) is 0 Å². The zero-order chi connectivity index (χ0) is 7.54. The van der Waals surface area contributed by atoms with Crippen molar-refractivity contribution in [2.45, 2.75) is 47.0 Å². The van der Waals surface area contributed by atoms with E-state index in [2.05, 4.69) is 39.8 Å². The molecule has 0 aliphatic heterocycles. The molecule has 0 bridgehead atoms. The standard InChI is InChI=1S/C6H12.C3H8/c1-3-5-6-4-2;1-3-2/h5-6H,3-4H2,1-2H3;3H2,1-2H3/b6-5-;. The third kappa shape index (κ3) is 34.0. The third-order valence-electron chi connectivity index (χ3n) is 0.638. The van der Waals surface area contributed by atoms with Gasteiger partial charge in [-0.05, 0) is 12.8 Å². The van der Waals surface area contributed by atoms with Gasteiger partial charge in [-0.2, -0.15) is 0 Å². The van der Waals surface area contributed by atoms with E-state index < -0.39 is 0 Å². The first-order valence-electron chi connectivity index (χ1n) is 3.98. The van der Waals surface area contributed by atoms with E-state index in [-0.39, 0.29) is 0 Å². The SMILES string of the molecule is CC/C=C\CC.CCC. The lowest BCUT2D eigenvalue weighted by Gasteiger charge is -1.72. The minimum absolute atomic E-state index is 1.17. The topological polar surface area (TPSA) is 0 Å². The van der Waals surface area contributed by atoms with E-state index in [0.29, 0.717) is 0 Å². The molecule has 0 heterocycles. The van der Waals surface area contributed by atoms with Crippen LogP contribution in [0.2, 0.25) is 0 Å². The zero-order valence-electron chi connectivity index (χ0n) is 7.28. The van der Waals surface area contributed by atoms with Crippen LogP contribution in [0.4, 0.5) is 0 Å². The average molecular weight is 128 g/mol. The van der Waals surface area contributed by atoms with E-state index in [0.717, 1.165) is 0 Å². The first-order chi connectivity index (χ1) is 4.33. The molecule has 0 aromatic rings. The highest BCUT2D eigenvalue weighted by Gasteiger charge is 1.60. The summed E-state index contributed by atoms with van der Waals surface area (Å²) in [5.74, 6) is 0. The number of hydrogen-bond donors (Lipinski definition) is 0. The Hall–Kier alpha value is -0.260. The van der Waals surface area contributed by atoms with Gasteiger partial charge in [-0.1, -0.05) is 46.3 Å². The Balaban J connectivity index is 0. The van der Waals surface area contributed by atoms with Crippen molar-refractivity contribution in [2.24, 2.45) is 0 Å². The second-order valence-electron chi connectivity index (χ2n) is 2.00. The summed E-state index contributed by atoms with van der Waals surface area (Å²) in [4.78, 5) is 0. The summed E-state index contributed by atoms with van der Waals surface area (Å²) in [5.41, 5.74) is 0. The normalized spacial score (nSPS) is 8.89. The first kappa shape index (κ1) is 11.5. The van der Waals surface area contributed by atoms with E-state index in [1.807, 2.05) is 0 Å². The van der Waals surface area contributed by atoms with Gasteiger partial charge in [-0.3, -0.25) is 0 Å². The highest BCUT2D eigenvalue weighted by Crippen LogP contribution is 1.81. The van der Waals surface area contributed by atoms with Crippen molar-refractivity contribution in [3.05, 3.63) is 12.2 Å². The molecule has 0 nitrogen and oxygen atoms in total. The summed E-state index contributed by atoms with van der Waals surface area (Å²) in [6.07, 6.45) is 7.96. The van der Waals surface area contributed by atoms with E-state index in [1.54, 1.807) is 0 Å². The fourth-order valence-corrected chi connectivity index (χ4v) is 0.333. The fraction of sp³-hybridized carbons (Fsp3) is 0.778. The molecule has 0 saturated heterocycles. The smallest absolute Gasteiger partial charge is 0.0379 e. The lowest BCUT2D eigenvalue weighted by molar-refractivity contribution is 1.09. The molecule has 0 aliphatic rings. The maximum absolute atomic E-state index is 2.18.